The highest BCUT2D eigenvalue weighted by atomic mass is 16.3. The first-order valence-corrected chi connectivity index (χ1v) is 19.7. The summed E-state index contributed by atoms with van der Waals surface area (Å²) in [4.78, 5) is 21.0. The average molecular weight is 757 g/mol. The summed E-state index contributed by atoms with van der Waals surface area (Å²) < 4.78 is 11.1. The average Bonchev–Trinajstić information content (AvgIpc) is 3.99. The van der Waals surface area contributed by atoms with Crippen LogP contribution in [0.3, 0.4) is 0 Å². The van der Waals surface area contributed by atoms with Crippen LogP contribution in [0.4, 0.5) is 0 Å². The third-order valence-electron chi connectivity index (χ3n) is 11.2. The first kappa shape index (κ1) is 33.0. The predicted molar refractivity (Wildman–Crippen MR) is 238 cm³/mol. The van der Waals surface area contributed by atoms with Gasteiger partial charge in [-0.25, -0.2) is 19.9 Å². The molecule has 0 aliphatic heterocycles. The van der Waals surface area contributed by atoms with Crippen molar-refractivity contribution in [2.75, 3.05) is 0 Å². The summed E-state index contributed by atoms with van der Waals surface area (Å²) in [7, 11) is 0. The van der Waals surface area contributed by atoms with E-state index in [-0.39, 0.29) is 0 Å². The van der Waals surface area contributed by atoms with E-state index in [4.69, 9.17) is 24.4 Å². The van der Waals surface area contributed by atoms with Gasteiger partial charge in [0.25, 0.3) is 0 Å². The van der Waals surface area contributed by atoms with E-state index < -0.39 is 0 Å². The predicted octanol–water partition coefficient (Wildman–Crippen LogP) is 12.9. The van der Waals surface area contributed by atoms with Crippen LogP contribution in [0.15, 0.2) is 199 Å². The number of para-hydroxylation sites is 5. The lowest BCUT2D eigenvalue weighted by molar-refractivity contribution is 0.669. The van der Waals surface area contributed by atoms with Gasteiger partial charge in [0, 0.05) is 44.1 Å². The summed E-state index contributed by atoms with van der Waals surface area (Å²) in [6.07, 6.45) is 0. The van der Waals surface area contributed by atoms with Crippen LogP contribution in [0.25, 0.3) is 112 Å². The molecule has 0 bridgehead atoms. The zero-order valence-corrected chi connectivity index (χ0v) is 31.6. The maximum absolute atomic E-state index is 6.50. The van der Waals surface area contributed by atoms with Gasteiger partial charge in [0.1, 0.15) is 17.0 Å². The van der Waals surface area contributed by atoms with Gasteiger partial charge in [-0.2, -0.15) is 0 Å². The van der Waals surface area contributed by atoms with Gasteiger partial charge < -0.3 is 8.98 Å². The lowest BCUT2D eigenvalue weighted by Gasteiger charge is -2.17. The van der Waals surface area contributed by atoms with Crippen LogP contribution in [0.1, 0.15) is 0 Å². The number of hydrogen-bond acceptors (Lipinski definition) is 5. The van der Waals surface area contributed by atoms with Crippen LogP contribution in [0, 0.1) is 0 Å². The Balaban J connectivity index is 1.22. The van der Waals surface area contributed by atoms with Crippen molar-refractivity contribution in [1.82, 2.24) is 29.1 Å². The number of aromatic nitrogens is 6. The van der Waals surface area contributed by atoms with Gasteiger partial charge in [-0.05, 0) is 66.7 Å². The molecule has 0 unspecified atom stereocenters. The highest BCUT2D eigenvalue weighted by Gasteiger charge is 2.24. The lowest BCUT2D eigenvalue weighted by Crippen LogP contribution is -2.05. The molecule has 0 amide bonds. The van der Waals surface area contributed by atoms with Crippen LogP contribution in [0.2, 0.25) is 0 Å². The van der Waals surface area contributed by atoms with Gasteiger partial charge in [0.2, 0.25) is 0 Å². The Kier molecular flexibility index (Phi) is 7.40. The maximum atomic E-state index is 6.50. The molecular weight excluding hydrogens is 725 g/mol. The zero-order valence-electron chi connectivity index (χ0n) is 31.6. The highest BCUT2D eigenvalue weighted by Crippen LogP contribution is 2.43. The Bertz CT molecular complexity index is 3490. The Morgan fingerprint density at radius 2 is 1.00 bits per heavy atom. The molecule has 0 saturated heterocycles. The van der Waals surface area contributed by atoms with Crippen molar-refractivity contribution in [3.63, 3.8) is 0 Å². The van der Waals surface area contributed by atoms with E-state index in [1.807, 2.05) is 84.9 Å². The fraction of sp³-hybridized carbons (Fsp3) is 0. The summed E-state index contributed by atoms with van der Waals surface area (Å²) in [5.74, 6) is 2.55. The van der Waals surface area contributed by atoms with Crippen LogP contribution in [-0.2, 0) is 0 Å². The summed E-state index contributed by atoms with van der Waals surface area (Å²) >= 11 is 0. The molecule has 8 aromatic carbocycles. The van der Waals surface area contributed by atoms with E-state index in [2.05, 4.69) is 118 Å². The molecule has 12 rings (SSSR count). The van der Waals surface area contributed by atoms with Gasteiger partial charge in [-0.3, -0.25) is 4.57 Å². The summed E-state index contributed by atoms with van der Waals surface area (Å²) in [5.41, 5.74) is 11.2. The zero-order chi connectivity index (χ0) is 38.9. The molecule has 0 fully saturated rings. The molecule has 7 heteroatoms. The number of benzene rings is 8. The van der Waals surface area contributed by atoms with Crippen LogP contribution in [-0.4, -0.2) is 29.1 Å². The summed E-state index contributed by atoms with van der Waals surface area (Å²) in [6, 6.07) is 66.6. The lowest BCUT2D eigenvalue weighted by atomic mass is 10.0. The second-order valence-electron chi connectivity index (χ2n) is 14.7. The van der Waals surface area contributed by atoms with E-state index in [1.165, 1.54) is 0 Å². The van der Waals surface area contributed by atoms with Crippen molar-refractivity contribution >= 4 is 54.8 Å². The topological polar surface area (TPSA) is 74.6 Å². The second kappa shape index (κ2) is 13.2. The molecular formula is C52H32N6O. The van der Waals surface area contributed by atoms with E-state index in [0.717, 1.165) is 94.2 Å². The molecule has 0 radical (unpaired) electrons. The van der Waals surface area contributed by atoms with E-state index in [0.29, 0.717) is 17.5 Å². The van der Waals surface area contributed by atoms with Gasteiger partial charge in [0.05, 0.1) is 33.1 Å². The Hall–Kier alpha value is -8.16. The molecule has 59 heavy (non-hydrogen) atoms. The van der Waals surface area contributed by atoms with Gasteiger partial charge in [-0.15, -0.1) is 0 Å². The fourth-order valence-corrected chi connectivity index (χ4v) is 8.55. The maximum Gasteiger partial charge on any atom is 0.166 e. The third kappa shape index (κ3) is 5.29. The summed E-state index contributed by atoms with van der Waals surface area (Å²) in [6.45, 7) is 0. The molecule has 12 aromatic rings. The normalized spacial score (nSPS) is 11.7. The van der Waals surface area contributed by atoms with E-state index >= 15 is 0 Å². The van der Waals surface area contributed by atoms with Gasteiger partial charge >= 0.3 is 0 Å². The number of rotatable bonds is 6. The number of fused-ring (bicyclic) bond motifs is 8. The number of imidazole rings is 1. The Morgan fingerprint density at radius 3 is 1.75 bits per heavy atom. The fourth-order valence-electron chi connectivity index (χ4n) is 8.55. The van der Waals surface area contributed by atoms with Crippen molar-refractivity contribution in [2.24, 2.45) is 0 Å². The Morgan fingerprint density at radius 1 is 0.390 bits per heavy atom. The second-order valence-corrected chi connectivity index (χ2v) is 14.7. The molecule has 4 heterocycles. The largest absolute Gasteiger partial charge is 0.456 e. The number of furan rings is 1. The standard InChI is InChI=1S/C52H32N6O/c1-4-16-33(17-5-1)49-54-50(34-18-6-2-7-19-34)56-51(55-49)40-32-35(52-53-41-24-12-14-26-44(41)57(52)36-20-8-3-9-21-36)28-30-43(40)58-42-25-13-10-22-37(42)38-29-31-46-47(48(38)58)39-23-11-15-27-45(39)59-46/h1-32H. The third-order valence-corrected chi connectivity index (χ3v) is 11.2. The molecule has 0 atom stereocenters. The minimum Gasteiger partial charge on any atom is -0.456 e. The molecule has 0 aliphatic rings. The van der Waals surface area contributed by atoms with Gasteiger partial charge in [-0.1, -0.05) is 127 Å². The molecule has 276 valence electrons. The van der Waals surface area contributed by atoms with Crippen LogP contribution in [0.5, 0.6) is 0 Å². The first-order valence-electron chi connectivity index (χ1n) is 19.7. The molecule has 4 aromatic heterocycles. The minimum atomic E-state index is 0.548. The van der Waals surface area contributed by atoms with E-state index in [9.17, 15) is 0 Å². The van der Waals surface area contributed by atoms with Crippen LogP contribution >= 0.6 is 0 Å². The molecule has 0 aliphatic carbocycles. The molecule has 0 spiro atoms. The first-order chi connectivity index (χ1) is 29.3. The number of nitrogens with zero attached hydrogens (tertiary/aromatic N) is 6. The van der Waals surface area contributed by atoms with E-state index in [1.54, 1.807) is 0 Å². The van der Waals surface area contributed by atoms with Crippen molar-refractivity contribution in [1.29, 1.82) is 0 Å². The molecule has 0 saturated carbocycles. The SMILES string of the molecule is c1ccc(-c2nc(-c3ccccc3)nc(-c3cc(-c4nc5ccccc5n4-c4ccccc4)ccc3-n3c4ccccc4c4ccc5oc6ccccc6c5c43)n2)cc1. The van der Waals surface area contributed by atoms with Gasteiger partial charge in [0.15, 0.2) is 17.5 Å². The van der Waals surface area contributed by atoms with Crippen molar-refractivity contribution in [3.05, 3.63) is 194 Å². The quantitative estimate of drug-likeness (QED) is 0.169. The highest BCUT2D eigenvalue weighted by molar-refractivity contribution is 6.24. The van der Waals surface area contributed by atoms with Crippen molar-refractivity contribution in [2.45, 2.75) is 0 Å². The summed E-state index contributed by atoms with van der Waals surface area (Å²) in [5, 5.41) is 4.39. The Labute approximate surface area is 338 Å². The molecule has 0 N–H and O–H groups in total. The van der Waals surface area contributed by atoms with Crippen molar-refractivity contribution in [3.8, 4) is 56.9 Å². The number of hydrogen-bond donors (Lipinski definition) is 0. The smallest absolute Gasteiger partial charge is 0.166 e. The monoisotopic (exact) mass is 756 g/mol. The minimum absolute atomic E-state index is 0.548. The van der Waals surface area contributed by atoms with Crippen molar-refractivity contribution < 1.29 is 4.42 Å². The molecule has 7 nitrogen and oxygen atoms in total. The van der Waals surface area contributed by atoms with Crippen LogP contribution < -0.4 is 0 Å².